The zero-order chi connectivity index (χ0) is 30.7. The van der Waals surface area contributed by atoms with Gasteiger partial charge in [0.1, 0.15) is 23.6 Å². The second kappa shape index (κ2) is 13.4. The number of phenolic OH excluding ortho intramolecular Hbond substituents is 1. The highest BCUT2D eigenvalue weighted by Crippen LogP contribution is 2.32. The molecule has 0 unspecified atom stereocenters. The highest BCUT2D eigenvalue weighted by molar-refractivity contribution is 7.16. The third-order valence-electron chi connectivity index (χ3n) is 8.46. The number of aromatic amines is 1. The molecule has 1 amide bonds. The Morgan fingerprint density at radius 1 is 1.18 bits per heavy atom. The molecule has 12 heteroatoms. The summed E-state index contributed by atoms with van der Waals surface area (Å²) >= 11 is 2.50. The summed E-state index contributed by atoms with van der Waals surface area (Å²) < 4.78 is 12.8. The Hall–Kier alpha value is -3.26. The number of aliphatic hydroxyl groups excluding tert-OH is 1. The number of thiophene rings is 1. The van der Waals surface area contributed by atoms with Crippen LogP contribution in [0.5, 0.6) is 11.5 Å². The maximum absolute atomic E-state index is 13.0. The molecule has 6 rings (SSSR count). The SMILES string of the molecule is Cc1csc(C(=O)N2CCOC3(CCN(CCOc4ccc(CNC[C@H](O)c5ccc(O)c6[nH]c(=O)sc56)cc4)CC3)C2)c1. The van der Waals surface area contributed by atoms with E-state index in [2.05, 4.69) is 15.2 Å². The first-order valence-electron chi connectivity index (χ1n) is 14.9. The number of hydrogen-bond donors (Lipinski definition) is 4. The number of carbonyl (C=O) groups excluding carboxylic acids is 1. The largest absolute Gasteiger partial charge is 0.506 e. The minimum absolute atomic E-state index is 0.00577. The number of benzene rings is 2. The van der Waals surface area contributed by atoms with Crippen LogP contribution >= 0.6 is 22.7 Å². The smallest absolute Gasteiger partial charge is 0.305 e. The van der Waals surface area contributed by atoms with Gasteiger partial charge >= 0.3 is 4.87 Å². The molecule has 4 N–H and O–H groups in total. The van der Waals surface area contributed by atoms with Crippen molar-refractivity contribution < 1.29 is 24.5 Å². The number of aryl methyl sites for hydroxylation is 1. The van der Waals surface area contributed by atoms with Gasteiger partial charge in [-0.1, -0.05) is 29.5 Å². The molecular formula is C32H38N4O6S2. The van der Waals surface area contributed by atoms with Crippen molar-refractivity contribution in [2.45, 2.75) is 38.0 Å². The van der Waals surface area contributed by atoms with Crippen LogP contribution in [0.4, 0.5) is 0 Å². The van der Waals surface area contributed by atoms with E-state index in [-0.39, 0.29) is 22.1 Å². The van der Waals surface area contributed by atoms with Gasteiger partial charge in [-0.2, -0.15) is 0 Å². The van der Waals surface area contributed by atoms with Gasteiger partial charge in [-0.25, -0.2) is 0 Å². The molecule has 0 aliphatic carbocycles. The van der Waals surface area contributed by atoms with E-state index in [4.69, 9.17) is 9.47 Å². The monoisotopic (exact) mass is 638 g/mol. The number of aromatic hydroxyl groups is 1. The maximum atomic E-state index is 13.0. The summed E-state index contributed by atoms with van der Waals surface area (Å²) in [5.74, 6) is 0.923. The minimum atomic E-state index is -0.821. The number of ether oxygens (including phenoxy) is 2. The van der Waals surface area contributed by atoms with Gasteiger partial charge in [0.25, 0.3) is 5.91 Å². The minimum Gasteiger partial charge on any atom is -0.506 e. The number of aromatic nitrogens is 1. The molecule has 1 atom stereocenters. The van der Waals surface area contributed by atoms with E-state index in [1.807, 2.05) is 47.5 Å². The van der Waals surface area contributed by atoms with Crippen molar-refractivity contribution in [3.8, 4) is 11.5 Å². The van der Waals surface area contributed by atoms with Gasteiger partial charge in [0, 0.05) is 44.8 Å². The van der Waals surface area contributed by atoms with E-state index in [9.17, 15) is 19.8 Å². The number of fused-ring (bicyclic) bond motifs is 1. The average Bonchev–Trinajstić information content (AvgIpc) is 3.64. The summed E-state index contributed by atoms with van der Waals surface area (Å²) in [5.41, 5.74) is 2.90. The van der Waals surface area contributed by atoms with Gasteiger partial charge < -0.3 is 34.9 Å². The Morgan fingerprint density at radius 3 is 2.73 bits per heavy atom. The average molecular weight is 639 g/mol. The van der Waals surface area contributed by atoms with E-state index in [0.717, 1.165) is 65.6 Å². The number of morpholine rings is 1. The number of amides is 1. The summed E-state index contributed by atoms with van der Waals surface area (Å²) in [7, 11) is 0. The molecule has 44 heavy (non-hydrogen) atoms. The lowest BCUT2D eigenvalue weighted by Crippen LogP contribution is -2.58. The molecule has 4 heterocycles. The zero-order valence-electron chi connectivity index (χ0n) is 24.7. The number of likely N-dealkylation sites (tertiary alicyclic amines) is 1. The van der Waals surface area contributed by atoms with Crippen LogP contribution in [0.1, 0.15) is 45.3 Å². The van der Waals surface area contributed by atoms with Crippen LogP contribution < -0.4 is 14.9 Å². The van der Waals surface area contributed by atoms with Gasteiger partial charge in [-0.15, -0.1) is 11.3 Å². The van der Waals surface area contributed by atoms with Crippen molar-refractivity contribution in [3.63, 3.8) is 0 Å². The number of rotatable bonds is 10. The Morgan fingerprint density at radius 2 is 1.98 bits per heavy atom. The lowest BCUT2D eigenvalue weighted by Gasteiger charge is -2.47. The second-order valence-electron chi connectivity index (χ2n) is 11.6. The third kappa shape index (κ3) is 7.01. The fourth-order valence-corrected chi connectivity index (χ4v) is 7.75. The van der Waals surface area contributed by atoms with E-state index in [1.54, 1.807) is 6.07 Å². The fourth-order valence-electron chi connectivity index (χ4n) is 5.97. The normalized spacial score (nSPS) is 17.7. The molecule has 2 aliphatic rings. The standard InChI is InChI=1S/C32H38N4O6S2/c1-21-16-27(43-19-21)30(39)36-13-15-42-32(20-36)8-10-35(11-9-32)12-14-41-23-4-2-22(3-5-23)17-33-18-26(38)24-6-7-25(37)28-29(24)44-31(40)34-28/h2-7,16,19,26,33,37-38H,8-15,17-18,20H2,1H3,(H,34,40)/t26-/m0/s1. The fraction of sp³-hybridized carbons (Fsp3) is 0.438. The first kappa shape index (κ1) is 30.8. The van der Waals surface area contributed by atoms with Gasteiger partial charge in [-0.05, 0) is 60.5 Å². The van der Waals surface area contributed by atoms with Gasteiger partial charge in [-0.3, -0.25) is 14.5 Å². The molecule has 2 aromatic heterocycles. The van der Waals surface area contributed by atoms with Crippen LogP contribution in [-0.4, -0.2) is 89.0 Å². The van der Waals surface area contributed by atoms with E-state index >= 15 is 0 Å². The van der Waals surface area contributed by atoms with Crippen molar-refractivity contribution in [2.24, 2.45) is 0 Å². The number of thiazole rings is 1. The number of H-pyrrole nitrogens is 1. The first-order chi connectivity index (χ1) is 21.3. The van der Waals surface area contributed by atoms with E-state index < -0.39 is 6.10 Å². The third-order valence-corrected chi connectivity index (χ3v) is 10.4. The number of aliphatic hydroxyl groups is 1. The van der Waals surface area contributed by atoms with Crippen LogP contribution in [0.2, 0.25) is 0 Å². The van der Waals surface area contributed by atoms with E-state index in [1.165, 1.54) is 17.4 Å². The highest BCUT2D eigenvalue weighted by atomic mass is 32.1. The van der Waals surface area contributed by atoms with E-state index in [0.29, 0.717) is 55.2 Å². The topological polar surface area (TPSA) is 127 Å². The molecule has 234 valence electrons. The van der Waals surface area contributed by atoms with Crippen molar-refractivity contribution >= 4 is 38.8 Å². The first-order valence-corrected chi connectivity index (χ1v) is 16.6. The van der Waals surface area contributed by atoms with Gasteiger partial charge in [0.2, 0.25) is 0 Å². The molecule has 2 aromatic carbocycles. The van der Waals surface area contributed by atoms with Crippen LogP contribution in [-0.2, 0) is 11.3 Å². The van der Waals surface area contributed by atoms with Crippen LogP contribution in [0.3, 0.4) is 0 Å². The molecule has 2 saturated heterocycles. The van der Waals surface area contributed by atoms with Crippen LogP contribution in [0, 0.1) is 6.92 Å². The Labute approximate surface area is 263 Å². The molecule has 4 aromatic rings. The number of piperidine rings is 1. The summed E-state index contributed by atoms with van der Waals surface area (Å²) in [6.45, 7) is 8.02. The van der Waals surface area contributed by atoms with Crippen molar-refractivity contribution in [1.29, 1.82) is 0 Å². The number of nitrogens with zero attached hydrogens (tertiary/aromatic N) is 2. The van der Waals surface area contributed by atoms with Crippen molar-refractivity contribution in [1.82, 2.24) is 20.1 Å². The van der Waals surface area contributed by atoms with Crippen molar-refractivity contribution in [3.05, 3.63) is 79.1 Å². The quantitative estimate of drug-likeness (QED) is 0.206. The number of carbonyl (C=O) groups is 1. The Bertz CT molecular complexity index is 1640. The summed E-state index contributed by atoms with van der Waals surface area (Å²) in [5, 5.41) is 26.0. The van der Waals surface area contributed by atoms with Gasteiger partial charge in [0.15, 0.2) is 0 Å². The predicted molar refractivity (Wildman–Crippen MR) is 172 cm³/mol. The molecular weight excluding hydrogens is 601 g/mol. The molecule has 0 saturated carbocycles. The Kier molecular flexibility index (Phi) is 9.36. The molecule has 2 fully saturated rings. The number of hydrogen-bond acceptors (Lipinski definition) is 10. The molecule has 10 nitrogen and oxygen atoms in total. The predicted octanol–water partition coefficient (Wildman–Crippen LogP) is 3.87. The summed E-state index contributed by atoms with van der Waals surface area (Å²) in [6, 6.07) is 13.0. The number of phenols is 1. The molecule has 0 bridgehead atoms. The molecule has 0 radical (unpaired) electrons. The van der Waals surface area contributed by atoms with Gasteiger partial charge in [0.05, 0.1) is 34.4 Å². The lowest BCUT2D eigenvalue weighted by molar-refractivity contribution is -0.127. The highest BCUT2D eigenvalue weighted by Gasteiger charge is 2.41. The second-order valence-corrected chi connectivity index (χ2v) is 13.5. The van der Waals surface area contributed by atoms with Crippen molar-refractivity contribution in [2.75, 3.05) is 52.5 Å². The summed E-state index contributed by atoms with van der Waals surface area (Å²) in [6.07, 6.45) is 0.984. The molecule has 2 aliphatic heterocycles. The Balaban J connectivity index is 0.910. The number of nitrogens with one attached hydrogen (secondary N) is 2. The maximum Gasteiger partial charge on any atom is 0.305 e. The zero-order valence-corrected chi connectivity index (χ0v) is 26.3. The molecule has 1 spiro atoms. The summed E-state index contributed by atoms with van der Waals surface area (Å²) in [4.78, 5) is 32.3. The van der Waals surface area contributed by atoms with Crippen LogP contribution in [0.25, 0.3) is 10.2 Å². The van der Waals surface area contributed by atoms with Crippen LogP contribution in [0.15, 0.2) is 52.6 Å². The lowest BCUT2D eigenvalue weighted by atomic mass is 9.89.